The van der Waals surface area contributed by atoms with Crippen molar-refractivity contribution < 1.29 is 4.92 Å². The van der Waals surface area contributed by atoms with Crippen molar-refractivity contribution in [3.05, 3.63) is 38.3 Å². The van der Waals surface area contributed by atoms with E-state index >= 15 is 0 Å². The fraction of sp³-hybridized carbons (Fsp3) is 0.538. The van der Waals surface area contributed by atoms with Gasteiger partial charge in [0.2, 0.25) is 0 Å². The summed E-state index contributed by atoms with van der Waals surface area (Å²) in [6, 6.07) is 4.87. The smallest absolute Gasteiger partial charge is 0.258 e. The molecule has 0 radical (unpaired) electrons. The van der Waals surface area contributed by atoms with Gasteiger partial charge in [-0.05, 0) is 30.7 Å². The molecule has 0 spiro atoms. The summed E-state index contributed by atoms with van der Waals surface area (Å²) in [6.45, 7) is 4.30. The van der Waals surface area contributed by atoms with E-state index in [1.807, 2.05) is 0 Å². The van der Waals surface area contributed by atoms with Gasteiger partial charge in [0.25, 0.3) is 5.69 Å². The first kappa shape index (κ1) is 15.4. The van der Waals surface area contributed by atoms with Gasteiger partial charge in [0.1, 0.15) is 0 Å². The fourth-order valence-corrected chi connectivity index (χ4v) is 2.82. The maximum absolute atomic E-state index is 10.6. The average molecular weight is 335 g/mol. The van der Waals surface area contributed by atoms with Crippen LogP contribution in [0.25, 0.3) is 0 Å². The van der Waals surface area contributed by atoms with Crippen molar-refractivity contribution in [3.8, 4) is 0 Å². The number of halogens is 2. The summed E-state index contributed by atoms with van der Waals surface area (Å²) in [5.41, 5.74) is 1.17. The lowest BCUT2D eigenvalue weighted by atomic mass is 10.0. The maximum Gasteiger partial charge on any atom is 0.270 e. The Labute approximate surface area is 121 Å². The Morgan fingerprint density at radius 3 is 2.61 bits per heavy atom. The predicted octanol–water partition coefficient (Wildman–Crippen LogP) is 4.94. The molecule has 0 heterocycles. The Hall–Kier alpha value is -0.610. The second kappa shape index (κ2) is 7.10. The molecule has 0 N–H and O–H groups in total. The molecule has 1 unspecified atom stereocenters. The largest absolute Gasteiger partial charge is 0.270 e. The van der Waals surface area contributed by atoms with Crippen molar-refractivity contribution in [1.82, 2.24) is 0 Å². The van der Waals surface area contributed by atoms with Crippen LogP contribution in [0, 0.1) is 16.0 Å². The lowest BCUT2D eigenvalue weighted by Gasteiger charge is -2.12. The van der Waals surface area contributed by atoms with Crippen molar-refractivity contribution in [3.63, 3.8) is 0 Å². The SMILES string of the molecule is CC(C)CC(Cl)CCc1ccc([N+](=O)[O-])cc1Br. The minimum Gasteiger partial charge on any atom is -0.258 e. The van der Waals surface area contributed by atoms with Crippen molar-refractivity contribution in [2.45, 2.75) is 38.5 Å². The molecule has 1 atom stereocenters. The molecular formula is C13H17BrClNO2. The molecule has 0 aromatic heterocycles. The number of alkyl halides is 1. The van der Waals surface area contributed by atoms with E-state index in [0.29, 0.717) is 5.92 Å². The van der Waals surface area contributed by atoms with Crippen LogP contribution in [0.15, 0.2) is 22.7 Å². The third-order valence-electron chi connectivity index (χ3n) is 2.70. The van der Waals surface area contributed by atoms with E-state index in [1.165, 1.54) is 6.07 Å². The molecule has 100 valence electrons. The van der Waals surface area contributed by atoms with E-state index in [1.54, 1.807) is 12.1 Å². The Morgan fingerprint density at radius 2 is 2.11 bits per heavy atom. The van der Waals surface area contributed by atoms with E-state index in [0.717, 1.165) is 29.3 Å². The molecule has 5 heteroatoms. The average Bonchev–Trinajstić information content (AvgIpc) is 2.26. The molecule has 0 aliphatic heterocycles. The van der Waals surface area contributed by atoms with Crippen LogP contribution < -0.4 is 0 Å². The molecule has 18 heavy (non-hydrogen) atoms. The summed E-state index contributed by atoms with van der Waals surface area (Å²) >= 11 is 9.61. The molecule has 0 amide bonds. The molecule has 0 aliphatic rings. The van der Waals surface area contributed by atoms with Crippen LogP contribution in [-0.4, -0.2) is 10.3 Å². The third-order valence-corrected chi connectivity index (χ3v) is 3.84. The summed E-state index contributed by atoms with van der Waals surface area (Å²) in [6.07, 6.45) is 2.71. The van der Waals surface area contributed by atoms with Gasteiger partial charge in [-0.25, -0.2) is 0 Å². The Bertz CT molecular complexity index is 423. The highest BCUT2D eigenvalue weighted by atomic mass is 79.9. The number of non-ortho nitro benzene ring substituents is 1. The monoisotopic (exact) mass is 333 g/mol. The number of rotatable bonds is 6. The van der Waals surface area contributed by atoms with Gasteiger partial charge in [-0.1, -0.05) is 35.8 Å². The number of nitrogens with zero attached hydrogens (tertiary/aromatic N) is 1. The molecular weight excluding hydrogens is 318 g/mol. The second-order valence-electron chi connectivity index (χ2n) is 4.80. The third kappa shape index (κ3) is 4.94. The molecule has 1 aromatic carbocycles. The molecule has 0 bridgehead atoms. The standard InChI is InChI=1S/C13H17BrClNO2/c1-9(2)7-11(15)5-3-10-4-6-12(16(17)18)8-13(10)14/h4,6,8-9,11H,3,5,7H2,1-2H3. The zero-order valence-corrected chi connectivity index (χ0v) is 12.9. The normalized spacial score (nSPS) is 12.7. The number of benzene rings is 1. The van der Waals surface area contributed by atoms with E-state index in [4.69, 9.17) is 11.6 Å². The molecule has 1 aromatic rings. The van der Waals surface area contributed by atoms with Crippen LogP contribution in [0.5, 0.6) is 0 Å². The number of hydrogen-bond donors (Lipinski definition) is 0. The highest BCUT2D eigenvalue weighted by molar-refractivity contribution is 9.10. The van der Waals surface area contributed by atoms with Gasteiger partial charge >= 0.3 is 0 Å². The van der Waals surface area contributed by atoms with Crippen LogP contribution in [0.1, 0.15) is 32.3 Å². The van der Waals surface area contributed by atoms with E-state index in [2.05, 4.69) is 29.8 Å². The lowest BCUT2D eigenvalue weighted by Crippen LogP contribution is -2.05. The molecule has 0 saturated carbocycles. The number of nitro groups is 1. The van der Waals surface area contributed by atoms with Crippen molar-refractivity contribution in [2.24, 2.45) is 5.92 Å². The highest BCUT2D eigenvalue weighted by Crippen LogP contribution is 2.25. The summed E-state index contributed by atoms with van der Waals surface area (Å²) in [5, 5.41) is 10.8. The maximum atomic E-state index is 10.6. The zero-order chi connectivity index (χ0) is 13.7. The van der Waals surface area contributed by atoms with Crippen LogP contribution in [0.4, 0.5) is 5.69 Å². The first-order valence-corrected chi connectivity index (χ1v) is 7.20. The Balaban J connectivity index is 2.60. The summed E-state index contributed by atoms with van der Waals surface area (Å²) in [7, 11) is 0. The first-order valence-electron chi connectivity index (χ1n) is 5.97. The minimum atomic E-state index is -0.391. The van der Waals surface area contributed by atoms with Gasteiger partial charge in [0, 0.05) is 22.0 Å². The fourth-order valence-electron chi connectivity index (χ4n) is 1.79. The van der Waals surface area contributed by atoms with E-state index < -0.39 is 4.92 Å². The number of aryl methyl sites for hydroxylation is 1. The molecule has 0 saturated heterocycles. The Morgan fingerprint density at radius 1 is 1.44 bits per heavy atom. The minimum absolute atomic E-state index is 0.107. The molecule has 0 fully saturated rings. The van der Waals surface area contributed by atoms with Crippen LogP contribution in [0.3, 0.4) is 0 Å². The van der Waals surface area contributed by atoms with E-state index in [9.17, 15) is 10.1 Å². The number of hydrogen-bond acceptors (Lipinski definition) is 2. The van der Waals surface area contributed by atoms with Gasteiger partial charge < -0.3 is 0 Å². The van der Waals surface area contributed by atoms with Crippen LogP contribution >= 0.6 is 27.5 Å². The molecule has 1 rings (SSSR count). The second-order valence-corrected chi connectivity index (χ2v) is 6.27. The van der Waals surface area contributed by atoms with Crippen LogP contribution in [-0.2, 0) is 6.42 Å². The summed E-state index contributed by atoms with van der Waals surface area (Å²) in [4.78, 5) is 10.2. The van der Waals surface area contributed by atoms with Crippen LogP contribution in [0.2, 0.25) is 0 Å². The van der Waals surface area contributed by atoms with Gasteiger partial charge in [-0.2, -0.15) is 0 Å². The van der Waals surface area contributed by atoms with E-state index in [-0.39, 0.29) is 11.1 Å². The quantitative estimate of drug-likeness (QED) is 0.420. The highest BCUT2D eigenvalue weighted by Gasteiger charge is 2.11. The van der Waals surface area contributed by atoms with Gasteiger partial charge in [0.05, 0.1) is 4.92 Å². The molecule has 3 nitrogen and oxygen atoms in total. The summed E-state index contributed by atoms with van der Waals surface area (Å²) < 4.78 is 0.783. The predicted molar refractivity (Wildman–Crippen MR) is 78.2 cm³/mol. The van der Waals surface area contributed by atoms with Crippen molar-refractivity contribution in [1.29, 1.82) is 0 Å². The van der Waals surface area contributed by atoms with Gasteiger partial charge in [-0.15, -0.1) is 11.6 Å². The van der Waals surface area contributed by atoms with Gasteiger partial charge in [0.15, 0.2) is 0 Å². The summed E-state index contributed by atoms with van der Waals surface area (Å²) in [5.74, 6) is 0.591. The molecule has 0 aliphatic carbocycles. The lowest BCUT2D eigenvalue weighted by molar-refractivity contribution is -0.384. The Kier molecular flexibility index (Phi) is 6.09. The van der Waals surface area contributed by atoms with Crippen molar-refractivity contribution in [2.75, 3.05) is 0 Å². The van der Waals surface area contributed by atoms with Gasteiger partial charge in [-0.3, -0.25) is 10.1 Å². The topological polar surface area (TPSA) is 43.1 Å². The number of nitro benzene ring substituents is 1. The first-order chi connectivity index (χ1) is 8.40. The van der Waals surface area contributed by atoms with Crippen molar-refractivity contribution >= 4 is 33.2 Å². The zero-order valence-electron chi connectivity index (χ0n) is 10.5.